The average Bonchev–Trinajstić information content (AvgIpc) is 3.28. The van der Waals surface area contributed by atoms with Gasteiger partial charge in [0.05, 0.1) is 11.5 Å². The molecule has 7 heteroatoms. The van der Waals surface area contributed by atoms with Gasteiger partial charge in [0.15, 0.2) is 15.8 Å². The second-order valence-corrected chi connectivity index (χ2v) is 11.7. The molecular weight excluding hydrogens is 473 g/mol. The van der Waals surface area contributed by atoms with E-state index in [0.29, 0.717) is 30.1 Å². The van der Waals surface area contributed by atoms with Crippen molar-refractivity contribution in [3.05, 3.63) is 0 Å². The van der Waals surface area contributed by atoms with Gasteiger partial charge in [-0.05, 0) is 62.2 Å². The van der Waals surface area contributed by atoms with Gasteiger partial charge >= 0.3 is 0 Å². The van der Waals surface area contributed by atoms with Gasteiger partial charge in [-0.25, -0.2) is 8.42 Å². The normalized spacial score (nSPS) is 40.6. The van der Waals surface area contributed by atoms with Gasteiger partial charge in [0.1, 0.15) is 0 Å². The molecule has 0 spiro atoms. The van der Waals surface area contributed by atoms with Crippen molar-refractivity contribution in [2.75, 3.05) is 18.1 Å². The van der Waals surface area contributed by atoms with E-state index in [4.69, 9.17) is 4.99 Å². The highest BCUT2D eigenvalue weighted by Crippen LogP contribution is 2.44. The predicted octanol–water partition coefficient (Wildman–Crippen LogP) is 3.34. The second-order valence-electron chi connectivity index (χ2n) is 9.50. The topological polar surface area (TPSA) is 70.6 Å². The molecule has 2 N–H and O–H groups in total. The smallest absolute Gasteiger partial charge is 0.191 e. The molecule has 0 amide bonds. The van der Waals surface area contributed by atoms with E-state index in [1.54, 1.807) is 0 Å². The Morgan fingerprint density at radius 2 is 1.89 bits per heavy atom. The highest BCUT2D eigenvalue weighted by atomic mass is 127. The molecule has 6 atom stereocenters. The summed E-state index contributed by atoms with van der Waals surface area (Å²) in [5.74, 6) is 4.31. The molecule has 1 saturated heterocycles. The molecule has 0 aromatic heterocycles. The van der Waals surface area contributed by atoms with E-state index in [0.717, 1.165) is 30.1 Å². The van der Waals surface area contributed by atoms with Gasteiger partial charge in [-0.1, -0.05) is 26.2 Å². The number of nitrogens with one attached hydrogen (secondary N) is 2. The lowest BCUT2D eigenvalue weighted by molar-refractivity contribution is 0.320. The van der Waals surface area contributed by atoms with Crippen molar-refractivity contribution >= 4 is 39.8 Å². The number of nitrogens with zero attached hydrogens (tertiary/aromatic N) is 1. The Morgan fingerprint density at radius 3 is 2.52 bits per heavy atom. The first-order valence-corrected chi connectivity index (χ1v) is 12.6. The molecule has 27 heavy (non-hydrogen) atoms. The number of aliphatic imine (C=N–C) groups is 1. The summed E-state index contributed by atoms with van der Waals surface area (Å²) in [6.45, 7) is 2.98. The highest BCUT2D eigenvalue weighted by Gasteiger charge is 2.40. The lowest BCUT2D eigenvalue weighted by Crippen LogP contribution is -2.50. The summed E-state index contributed by atoms with van der Waals surface area (Å²) in [6, 6.07) is 1.07. The minimum atomic E-state index is -2.82. The number of halogens is 1. The van der Waals surface area contributed by atoms with Crippen LogP contribution >= 0.6 is 24.0 Å². The molecule has 3 saturated carbocycles. The van der Waals surface area contributed by atoms with Crippen LogP contribution in [0.2, 0.25) is 0 Å². The summed E-state index contributed by atoms with van der Waals surface area (Å²) in [6.07, 6.45) is 11.3. The highest BCUT2D eigenvalue weighted by molar-refractivity contribution is 14.0. The first-order valence-electron chi connectivity index (χ1n) is 10.7. The van der Waals surface area contributed by atoms with Crippen LogP contribution in [0.25, 0.3) is 0 Å². The monoisotopic (exact) mass is 509 g/mol. The number of fused-ring (bicyclic) bond motifs is 2. The quantitative estimate of drug-likeness (QED) is 0.347. The number of rotatable bonds is 4. The number of hydrogen-bond donors (Lipinski definition) is 2. The molecule has 156 valence electrons. The van der Waals surface area contributed by atoms with Crippen molar-refractivity contribution in [1.29, 1.82) is 0 Å². The maximum atomic E-state index is 11.7. The van der Waals surface area contributed by atoms with Gasteiger partial charge in [-0.3, -0.25) is 4.99 Å². The molecule has 3 aliphatic carbocycles. The summed E-state index contributed by atoms with van der Waals surface area (Å²) in [5, 5.41) is 7.45. The predicted molar refractivity (Wildman–Crippen MR) is 121 cm³/mol. The van der Waals surface area contributed by atoms with Crippen molar-refractivity contribution in [3.63, 3.8) is 0 Å². The molecule has 6 unspecified atom stereocenters. The SMILES string of the molecule is CC1CCCC(NC(=NCC2CCS(=O)(=O)C2)NC2CC3CCC2C3)C1.I. The molecule has 5 nitrogen and oxygen atoms in total. The number of guanidine groups is 1. The Bertz CT molecular complexity index is 639. The van der Waals surface area contributed by atoms with Crippen LogP contribution in [0.3, 0.4) is 0 Å². The summed E-state index contributed by atoms with van der Waals surface area (Å²) < 4.78 is 23.4. The summed E-state index contributed by atoms with van der Waals surface area (Å²) in [5.41, 5.74) is 0. The largest absolute Gasteiger partial charge is 0.354 e. The molecule has 0 radical (unpaired) electrons. The Kier molecular flexibility index (Phi) is 7.36. The molecule has 1 aliphatic heterocycles. The molecule has 4 fully saturated rings. The van der Waals surface area contributed by atoms with Gasteiger partial charge in [-0.15, -0.1) is 24.0 Å². The van der Waals surface area contributed by atoms with Gasteiger partial charge in [0, 0.05) is 18.6 Å². The number of sulfone groups is 1. The van der Waals surface area contributed by atoms with Gasteiger partial charge in [0.2, 0.25) is 0 Å². The fraction of sp³-hybridized carbons (Fsp3) is 0.950. The minimum Gasteiger partial charge on any atom is -0.354 e. The van der Waals surface area contributed by atoms with Crippen LogP contribution in [0.15, 0.2) is 4.99 Å². The van der Waals surface area contributed by atoms with E-state index in [1.165, 1.54) is 51.4 Å². The van der Waals surface area contributed by atoms with E-state index < -0.39 is 9.84 Å². The molecule has 0 aromatic rings. The van der Waals surface area contributed by atoms with Crippen molar-refractivity contribution < 1.29 is 8.42 Å². The Morgan fingerprint density at radius 1 is 1.04 bits per heavy atom. The lowest BCUT2D eigenvalue weighted by atomic mass is 9.87. The molecule has 2 bridgehead atoms. The summed E-state index contributed by atoms with van der Waals surface area (Å²) >= 11 is 0. The van der Waals surface area contributed by atoms with E-state index >= 15 is 0 Å². The van der Waals surface area contributed by atoms with E-state index in [-0.39, 0.29) is 29.9 Å². The lowest BCUT2D eigenvalue weighted by Gasteiger charge is -2.31. The molecule has 1 heterocycles. The van der Waals surface area contributed by atoms with Crippen LogP contribution in [0.5, 0.6) is 0 Å². The van der Waals surface area contributed by atoms with Crippen molar-refractivity contribution in [2.24, 2.45) is 28.7 Å². The zero-order chi connectivity index (χ0) is 18.1. The van der Waals surface area contributed by atoms with Gasteiger partial charge in [0.25, 0.3) is 0 Å². The summed E-state index contributed by atoms with van der Waals surface area (Å²) in [7, 11) is -2.82. The van der Waals surface area contributed by atoms with Crippen LogP contribution in [0, 0.1) is 23.7 Å². The van der Waals surface area contributed by atoms with E-state index in [1.807, 2.05) is 0 Å². The van der Waals surface area contributed by atoms with E-state index in [2.05, 4.69) is 17.6 Å². The fourth-order valence-electron chi connectivity index (χ4n) is 5.73. The number of hydrogen-bond acceptors (Lipinski definition) is 3. The second kappa shape index (κ2) is 9.18. The maximum Gasteiger partial charge on any atom is 0.191 e. The molecular formula is C20H36IN3O2S. The van der Waals surface area contributed by atoms with Crippen LogP contribution in [-0.2, 0) is 9.84 Å². The van der Waals surface area contributed by atoms with Crippen LogP contribution < -0.4 is 10.6 Å². The third-order valence-corrected chi connectivity index (χ3v) is 9.01. The molecule has 4 aliphatic rings. The average molecular weight is 509 g/mol. The molecule has 4 rings (SSSR count). The zero-order valence-corrected chi connectivity index (χ0v) is 19.7. The standard InChI is InChI=1S/C20H35N3O2S.HI/c1-14-3-2-4-18(9-14)22-20(21-12-16-7-8-26(24,25)13-16)23-19-11-15-5-6-17(19)10-15;/h14-19H,2-13H2,1H3,(H2,21,22,23);1H. The first-order chi connectivity index (χ1) is 12.5. The Balaban J connectivity index is 0.00000210. The van der Waals surface area contributed by atoms with Crippen molar-refractivity contribution in [2.45, 2.75) is 76.8 Å². The van der Waals surface area contributed by atoms with Crippen LogP contribution in [0.4, 0.5) is 0 Å². The first kappa shape index (κ1) is 21.7. The Hall–Kier alpha value is -0.0500. The third-order valence-electron chi connectivity index (χ3n) is 7.17. The van der Waals surface area contributed by atoms with Crippen molar-refractivity contribution in [3.8, 4) is 0 Å². The maximum absolute atomic E-state index is 11.7. The third kappa shape index (κ3) is 5.73. The van der Waals surface area contributed by atoms with Crippen molar-refractivity contribution in [1.82, 2.24) is 10.6 Å². The van der Waals surface area contributed by atoms with Gasteiger partial charge in [-0.2, -0.15) is 0 Å². The van der Waals surface area contributed by atoms with Crippen LogP contribution in [0.1, 0.15) is 64.7 Å². The van der Waals surface area contributed by atoms with Gasteiger partial charge < -0.3 is 10.6 Å². The fourth-order valence-corrected chi connectivity index (χ4v) is 7.57. The zero-order valence-electron chi connectivity index (χ0n) is 16.5. The minimum absolute atomic E-state index is 0. The molecule has 0 aromatic carbocycles. The Labute approximate surface area is 181 Å². The van der Waals surface area contributed by atoms with E-state index in [9.17, 15) is 8.42 Å². The summed E-state index contributed by atoms with van der Waals surface area (Å²) in [4.78, 5) is 4.87. The van der Waals surface area contributed by atoms with Crippen LogP contribution in [-0.4, -0.2) is 44.5 Å².